The van der Waals surface area contributed by atoms with E-state index in [4.69, 9.17) is 0 Å². The van der Waals surface area contributed by atoms with Gasteiger partial charge in [-0.2, -0.15) is 0 Å². The lowest BCUT2D eigenvalue weighted by Crippen LogP contribution is -2.40. The van der Waals surface area contributed by atoms with Gasteiger partial charge in [0.05, 0.1) is 6.54 Å². The quantitative estimate of drug-likeness (QED) is 0.653. The summed E-state index contributed by atoms with van der Waals surface area (Å²) in [7, 11) is 0. The van der Waals surface area contributed by atoms with E-state index < -0.39 is 0 Å². The molecule has 0 radical (unpaired) electrons. The Morgan fingerprint density at radius 2 is 1.91 bits per heavy atom. The summed E-state index contributed by atoms with van der Waals surface area (Å²) in [6.07, 6.45) is 1.02. The predicted octanol–water partition coefficient (Wildman–Crippen LogP) is 3.35. The number of carbonyl (C=O) groups is 1. The Labute approximate surface area is 142 Å². The summed E-state index contributed by atoms with van der Waals surface area (Å²) >= 11 is 1.77. The van der Waals surface area contributed by atoms with Crippen LogP contribution in [-0.2, 0) is 11.2 Å². The highest BCUT2D eigenvalue weighted by molar-refractivity contribution is 7.99. The molecule has 0 unspecified atom stereocenters. The first kappa shape index (κ1) is 15.9. The zero-order valence-electron chi connectivity index (χ0n) is 13.4. The topological polar surface area (TPSA) is 32.3 Å². The standard InChI is InChI=1S/C19H22N2OS/c1-15-13-16-7-5-6-10-18(16)21(15)14-19(22)20-11-12-23-17-8-3-2-4-9-17/h2-10,15H,11-14H2,1H3,(H,20,22)/t15-/m0/s1. The average molecular weight is 326 g/mol. The maximum atomic E-state index is 12.2. The lowest BCUT2D eigenvalue weighted by Gasteiger charge is -2.24. The van der Waals surface area contributed by atoms with Gasteiger partial charge in [0.25, 0.3) is 0 Å². The summed E-state index contributed by atoms with van der Waals surface area (Å²) in [6.45, 7) is 3.31. The highest BCUT2D eigenvalue weighted by Gasteiger charge is 2.26. The minimum absolute atomic E-state index is 0.0993. The Hall–Kier alpha value is -1.94. The molecule has 0 saturated heterocycles. The second-order valence-corrected chi connectivity index (χ2v) is 6.99. The fourth-order valence-electron chi connectivity index (χ4n) is 2.96. The van der Waals surface area contributed by atoms with E-state index in [9.17, 15) is 4.79 Å². The first-order valence-electron chi connectivity index (χ1n) is 8.03. The maximum absolute atomic E-state index is 12.2. The first-order valence-corrected chi connectivity index (χ1v) is 9.01. The molecule has 120 valence electrons. The molecule has 3 rings (SSSR count). The number of para-hydroxylation sites is 1. The summed E-state index contributed by atoms with van der Waals surface area (Å²) in [4.78, 5) is 15.6. The lowest BCUT2D eigenvalue weighted by molar-refractivity contribution is -0.119. The van der Waals surface area contributed by atoms with E-state index in [0.29, 0.717) is 19.1 Å². The summed E-state index contributed by atoms with van der Waals surface area (Å²) in [5.74, 6) is 0.990. The monoisotopic (exact) mass is 326 g/mol. The average Bonchev–Trinajstić information content (AvgIpc) is 2.88. The summed E-state index contributed by atoms with van der Waals surface area (Å²) in [6, 6.07) is 19.0. The van der Waals surface area contributed by atoms with Crippen molar-refractivity contribution in [3.05, 3.63) is 60.2 Å². The number of amides is 1. The van der Waals surface area contributed by atoms with Crippen LogP contribution >= 0.6 is 11.8 Å². The van der Waals surface area contributed by atoms with E-state index in [1.807, 2.05) is 24.3 Å². The van der Waals surface area contributed by atoms with Gasteiger partial charge in [-0.1, -0.05) is 36.4 Å². The van der Waals surface area contributed by atoms with Crippen molar-refractivity contribution in [1.82, 2.24) is 5.32 Å². The van der Waals surface area contributed by atoms with Gasteiger partial charge in [0, 0.05) is 28.9 Å². The Morgan fingerprint density at radius 1 is 1.17 bits per heavy atom. The number of anilines is 1. The van der Waals surface area contributed by atoms with Gasteiger partial charge in [0.2, 0.25) is 5.91 Å². The summed E-state index contributed by atoms with van der Waals surface area (Å²) in [5, 5.41) is 3.03. The molecule has 0 aromatic heterocycles. The number of hydrogen-bond donors (Lipinski definition) is 1. The van der Waals surface area contributed by atoms with Gasteiger partial charge in [0.1, 0.15) is 0 Å². The van der Waals surface area contributed by atoms with Crippen molar-refractivity contribution in [2.45, 2.75) is 24.3 Å². The molecule has 1 heterocycles. The number of fused-ring (bicyclic) bond motifs is 1. The molecule has 3 nitrogen and oxygen atoms in total. The molecule has 1 aliphatic rings. The van der Waals surface area contributed by atoms with Crippen molar-refractivity contribution in [3.63, 3.8) is 0 Å². The highest BCUT2D eigenvalue weighted by Crippen LogP contribution is 2.31. The second kappa shape index (κ2) is 7.55. The van der Waals surface area contributed by atoms with Crippen LogP contribution in [0.3, 0.4) is 0 Å². The number of carbonyl (C=O) groups excluding carboxylic acids is 1. The predicted molar refractivity (Wildman–Crippen MR) is 97.1 cm³/mol. The van der Waals surface area contributed by atoms with Gasteiger partial charge in [-0.05, 0) is 37.1 Å². The van der Waals surface area contributed by atoms with E-state index in [0.717, 1.165) is 12.2 Å². The smallest absolute Gasteiger partial charge is 0.239 e. The minimum Gasteiger partial charge on any atom is -0.359 e. The molecule has 2 aromatic carbocycles. The van der Waals surface area contributed by atoms with Crippen LogP contribution in [0.15, 0.2) is 59.5 Å². The van der Waals surface area contributed by atoms with E-state index in [1.54, 1.807) is 11.8 Å². The van der Waals surface area contributed by atoms with Gasteiger partial charge in [-0.25, -0.2) is 0 Å². The maximum Gasteiger partial charge on any atom is 0.239 e. The molecular formula is C19H22N2OS. The van der Waals surface area contributed by atoms with Gasteiger partial charge in [0.15, 0.2) is 0 Å². The lowest BCUT2D eigenvalue weighted by atomic mass is 10.1. The number of nitrogens with zero attached hydrogens (tertiary/aromatic N) is 1. The van der Waals surface area contributed by atoms with Gasteiger partial charge >= 0.3 is 0 Å². The molecular weight excluding hydrogens is 304 g/mol. The van der Waals surface area contributed by atoms with Crippen molar-refractivity contribution >= 4 is 23.4 Å². The van der Waals surface area contributed by atoms with Crippen LogP contribution in [0.2, 0.25) is 0 Å². The van der Waals surface area contributed by atoms with Crippen molar-refractivity contribution in [2.75, 3.05) is 23.7 Å². The van der Waals surface area contributed by atoms with Crippen molar-refractivity contribution in [1.29, 1.82) is 0 Å². The molecule has 1 amide bonds. The zero-order chi connectivity index (χ0) is 16.1. The first-order chi connectivity index (χ1) is 11.2. The molecule has 0 saturated carbocycles. The third-order valence-electron chi connectivity index (χ3n) is 4.10. The van der Waals surface area contributed by atoms with Crippen molar-refractivity contribution in [3.8, 4) is 0 Å². The molecule has 0 aliphatic carbocycles. The summed E-state index contributed by atoms with van der Waals surface area (Å²) in [5.41, 5.74) is 2.54. The Kier molecular flexibility index (Phi) is 5.23. The van der Waals surface area contributed by atoms with Crippen molar-refractivity contribution in [2.24, 2.45) is 0 Å². The third-order valence-corrected chi connectivity index (χ3v) is 5.11. The number of rotatable bonds is 6. The van der Waals surface area contributed by atoms with Gasteiger partial charge in [-0.15, -0.1) is 11.8 Å². The zero-order valence-corrected chi connectivity index (χ0v) is 14.2. The van der Waals surface area contributed by atoms with Gasteiger partial charge < -0.3 is 10.2 Å². The third kappa shape index (κ3) is 4.08. The largest absolute Gasteiger partial charge is 0.359 e. The van der Waals surface area contributed by atoms with E-state index in [1.165, 1.54) is 16.1 Å². The van der Waals surface area contributed by atoms with Crippen LogP contribution in [0.25, 0.3) is 0 Å². The Morgan fingerprint density at radius 3 is 2.74 bits per heavy atom. The number of benzene rings is 2. The Balaban J connectivity index is 1.45. The molecule has 23 heavy (non-hydrogen) atoms. The molecule has 0 bridgehead atoms. The number of thioether (sulfide) groups is 1. The molecule has 1 atom stereocenters. The van der Waals surface area contributed by atoms with Crippen LogP contribution in [-0.4, -0.2) is 30.8 Å². The van der Waals surface area contributed by atoms with E-state index >= 15 is 0 Å². The fourth-order valence-corrected chi connectivity index (χ4v) is 3.75. The van der Waals surface area contributed by atoms with Crippen LogP contribution in [0.4, 0.5) is 5.69 Å². The molecule has 0 spiro atoms. The molecule has 1 aliphatic heterocycles. The molecule has 1 N–H and O–H groups in total. The second-order valence-electron chi connectivity index (χ2n) is 5.82. The van der Waals surface area contributed by atoms with E-state index in [-0.39, 0.29) is 5.91 Å². The Bertz CT molecular complexity index is 659. The highest BCUT2D eigenvalue weighted by atomic mass is 32.2. The van der Waals surface area contributed by atoms with Crippen LogP contribution in [0, 0.1) is 0 Å². The minimum atomic E-state index is 0.0993. The van der Waals surface area contributed by atoms with Crippen LogP contribution in [0.5, 0.6) is 0 Å². The fraction of sp³-hybridized carbons (Fsp3) is 0.316. The van der Waals surface area contributed by atoms with E-state index in [2.05, 4.69) is 47.5 Å². The number of nitrogens with one attached hydrogen (secondary N) is 1. The van der Waals surface area contributed by atoms with Crippen molar-refractivity contribution < 1.29 is 4.79 Å². The van der Waals surface area contributed by atoms with Crippen LogP contribution in [0.1, 0.15) is 12.5 Å². The number of hydrogen-bond acceptors (Lipinski definition) is 3. The molecule has 2 aromatic rings. The molecule has 0 fully saturated rings. The summed E-state index contributed by atoms with van der Waals surface area (Å²) < 4.78 is 0. The van der Waals surface area contributed by atoms with Crippen LogP contribution < -0.4 is 10.2 Å². The normalized spacial score (nSPS) is 16.2. The van der Waals surface area contributed by atoms with Gasteiger partial charge in [-0.3, -0.25) is 4.79 Å². The molecule has 4 heteroatoms. The SMILES string of the molecule is C[C@H]1Cc2ccccc2N1CC(=O)NCCSc1ccccc1.